The minimum atomic E-state index is -0.257. The zero-order chi connectivity index (χ0) is 21.4. The van der Waals surface area contributed by atoms with Gasteiger partial charge in [0.25, 0.3) is 0 Å². The molecule has 5 aromatic rings. The number of pyridine rings is 1. The van der Waals surface area contributed by atoms with Crippen LogP contribution < -0.4 is 4.74 Å². The number of hydrogen-bond donors (Lipinski definition) is 0. The van der Waals surface area contributed by atoms with Crippen LogP contribution in [0.25, 0.3) is 33.3 Å². The van der Waals surface area contributed by atoms with Crippen molar-refractivity contribution < 1.29 is 9.15 Å². The van der Waals surface area contributed by atoms with E-state index in [0.717, 1.165) is 33.1 Å². The van der Waals surface area contributed by atoms with Crippen molar-refractivity contribution in [3.8, 4) is 29.0 Å². The van der Waals surface area contributed by atoms with Crippen LogP contribution in [0.15, 0.2) is 83.3 Å². The third-order valence-electron chi connectivity index (χ3n) is 5.20. The molecular weight excluding hydrogens is 408 g/mol. The van der Waals surface area contributed by atoms with E-state index in [1.54, 1.807) is 0 Å². The number of hydrogen-bond acceptors (Lipinski definition) is 4. The van der Waals surface area contributed by atoms with Gasteiger partial charge in [-0.25, -0.2) is 4.98 Å². The molecule has 0 fully saturated rings. The number of para-hydroxylation sites is 1. The summed E-state index contributed by atoms with van der Waals surface area (Å²) < 4.78 is 12.1. The number of fused-ring (bicyclic) bond motifs is 2. The van der Waals surface area contributed by atoms with Crippen molar-refractivity contribution in [1.29, 1.82) is 5.26 Å². The summed E-state index contributed by atoms with van der Waals surface area (Å²) in [6, 6.07) is 27.0. The molecule has 0 bridgehead atoms. The van der Waals surface area contributed by atoms with Crippen LogP contribution in [0.2, 0.25) is 5.02 Å². The lowest BCUT2D eigenvalue weighted by Crippen LogP contribution is -1.94. The summed E-state index contributed by atoms with van der Waals surface area (Å²) in [4.78, 5) is 4.69. The Morgan fingerprint density at radius 1 is 0.968 bits per heavy atom. The minimum Gasteiger partial charge on any atom is -0.457 e. The second kappa shape index (κ2) is 7.79. The Morgan fingerprint density at radius 2 is 1.81 bits per heavy atom. The van der Waals surface area contributed by atoms with Gasteiger partial charge in [0.15, 0.2) is 5.76 Å². The molecule has 1 unspecified atom stereocenters. The highest BCUT2D eigenvalue weighted by molar-refractivity contribution is 6.31. The topological polar surface area (TPSA) is 59.0 Å². The first-order valence-electron chi connectivity index (χ1n) is 9.87. The molecular formula is C26H17ClN2O2. The van der Waals surface area contributed by atoms with Crippen LogP contribution in [0.3, 0.4) is 0 Å². The highest BCUT2D eigenvalue weighted by Gasteiger charge is 2.13. The SMILES string of the molecule is CC(C#N)c1ccccc1Oc1ccc2oc(-c3ccc4ccc(Cl)cc4n3)cc2c1. The van der Waals surface area contributed by atoms with Crippen molar-refractivity contribution in [3.63, 3.8) is 0 Å². The Labute approximate surface area is 184 Å². The maximum Gasteiger partial charge on any atom is 0.153 e. The van der Waals surface area contributed by atoms with Gasteiger partial charge >= 0.3 is 0 Å². The maximum absolute atomic E-state index is 9.28. The van der Waals surface area contributed by atoms with E-state index in [9.17, 15) is 5.26 Å². The molecule has 0 aliphatic carbocycles. The Balaban J connectivity index is 1.50. The van der Waals surface area contributed by atoms with Gasteiger partial charge in [0.05, 0.1) is 17.5 Å². The predicted octanol–water partition coefficient (Wildman–Crippen LogP) is 7.72. The molecule has 3 aromatic carbocycles. The third kappa shape index (κ3) is 3.72. The van der Waals surface area contributed by atoms with Gasteiger partial charge < -0.3 is 9.15 Å². The van der Waals surface area contributed by atoms with Gasteiger partial charge in [0.1, 0.15) is 22.8 Å². The average Bonchev–Trinajstić information content (AvgIpc) is 3.22. The molecule has 150 valence electrons. The molecule has 0 saturated heterocycles. The fourth-order valence-electron chi connectivity index (χ4n) is 3.57. The molecule has 0 amide bonds. The quantitative estimate of drug-likeness (QED) is 0.296. The van der Waals surface area contributed by atoms with Gasteiger partial charge in [-0.1, -0.05) is 41.9 Å². The lowest BCUT2D eigenvalue weighted by Gasteiger charge is -2.12. The van der Waals surface area contributed by atoms with Crippen LogP contribution in [0, 0.1) is 11.3 Å². The van der Waals surface area contributed by atoms with E-state index in [4.69, 9.17) is 25.7 Å². The van der Waals surface area contributed by atoms with E-state index >= 15 is 0 Å². The van der Waals surface area contributed by atoms with Gasteiger partial charge in [0, 0.05) is 21.4 Å². The van der Waals surface area contributed by atoms with Crippen LogP contribution in [0.1, 0.15) is 18.4 Å². The van der Waals surface area contributed by atoms with Crippen LogP contribution in [-0.2, 0) is 0 Å². The van der Waals surface area contributed by atoms with Crippen LogP contribution in [0.5, 0.6) is 11.5 Å². The van der Waals surface area contributed by atoms with Gasteiger partial charge in [-0.05, 0) is 55.5 Å². The van der Waals surface area contributed by atoms with Gasteiger partial charge in [0.2, 0.25) is 0 Å². The molecule has 0 radical (unpaired) electrons. The predicted molar refractivity (Wildman–Crippen MR) is 123 cm³/mol. The number of ether oxygens (including phenoxy) is 1. The van der Waals surface area contributed by atoms with Gasteiger partial charge in [-0.15, -0.1) is 0 Å². The highest BCUT2D eigenvalue weighted by Crippen LogP contribution is 2.34. The normalized spacial score (nSPS) is 12.0. The van der Waals surface area contributed by atoms with E-state index in [1.807, 2.05) is 85.8 Å². The first-order valence-corrected chi connectivity index (χ1v) is 10.3. The molecule has 5 rings (SSSR count). The molecule has 0 aliphatic rings. The van der Waals surface area contributed by atoms with Crippen LogP contribution in [-0.4, -0.2) is 4.98 Å². The first-order chi connectivity index (χ1) is 15.1. The molecule has 0 spiro atoms. The maximum atomic E-state index is 9.28. The Morgan fingerprint density at radius 3 is 2.68 bits per heavy atom. The first kappa shape index (κ1) is 19.2. The summed E-state index contributed by atoms with van der Waals surface area (Å²) in [5.74, 6) is 1.77. The summed E-state index contributed by atoms with van der Waals surface area (Å²) in [5.41, 5.74) is 3.16. The van der Waals surface area contributed by atoms with E-state index in [1.165, 1.54) is 0 Å². The summed E-state index contributed by atoms with van der Waals surface area (Å²) in [6.45, 7) is 1.86. The van der Waals surface area contributed by atoms with Crippen molar-refractivity contribution in [2.75, 3.05) is 0 Å². The summed E-state index contributed by atoms with van der Waals surface area (Å²) in [7, 11) is 0. The molecule has 31 heavy (non-hydrogen) atoms. The highest BCUT2D eigenvalue weighted by atomic mass is 35.5. The number of benzene rings is 3. The van der Waals surface area contributed by atoms with Crippen molar-refractivity contribution in [1.82, 2.24) is 4.98 Å². The molecule has 0 N–H and O–H groups in total. The molecule has 2 heterocycles. The number of nitrogens with zero attached hydrogens (tertiary/aromatic N) is 2. The number of aromatic nitrogens is 1. The zero-order valence-corrected chi connectivity index (χ0v) is 17.4. The standard InChI is InChI=1S/C26H17ClN2O2/c1-16(15-28)21-4-2-3-5-25(21)30-20-9-11-24-18(12-20)13-26(31-24)22-10-7-17-6-8-19(27)14-23(17)29-22/h2-14,16H,1H3. The number of rotatable bonds is 4. The van der Waals surface area contributed by atoms with E-state index in [0.29, 0.717) is 22.3 Å². The minimum absolute atomic E-state index is 0.257. The Kier molecular flexibility index (Phi) is 4.82. The van der Waals surface area contributed by atoms with Crippen LogP contribution >= 0.6 is 11.6 Å². The zero-order valence-electron chi connectivity index (χ0n) is 16.7. The summed E-state index contributed by atoms with van der Waals surface area (Å²) >= 11 is 6.11. The smallest absolute Gasteiger partial charge is 0.153 e. The van der Waals surface area contributed by atoms with Gasteiger partial charge in [-0.2, -0.15) is 5.26 Å². The number of halogens is 1. The van der Waals surface area contributed by atoms with Crippen LogP contribution in [0.4, 0.5) is 0 Å². The van der Waals surface area contributed by atoms with Crippen molar-refractivity contribution >= 4 is 33.5 Å². The largest absolute Gasteiger partial charge is 0.457 e. The van der Waals surface area contributed by atoms with Crippen molar-refractivity contribution in [2.45, 2.75) is 12.8 Å². The molecule has 1 atom stereocenters. The number of nitriles is 1. The second-order valence-corrected chi connectivity index (χ2v) is 7.77. The monoisotopic (exact) mass is 424 g/mol. The Hall–Kier alpha value is -3.81. The summed E-state index contributed by atoms with van der Waals surface area (Å²) in [5, 5.41) is 11.9. The Bertz CT molecular complexity index is 1470. The van der Waals surface area contributed by atoms with Crippen molar-refractivity contribution in [3.05, 3.63) is 89.4 Å². The second-order valence-electron chi connectivity index (χ2n) is 7.33. The molecule has 5 heteroatoms. The molecule has 0 aliphatic heterocycles. The van der Waals surface area contributed by atoms with E-state index < -0.39 is 0 Å². The molecule has 4 nitrogen and oxygen atoms in total. The lowest BCUT2D eigenvalue weighted by molar-refractivity contribution is 0.475. The third-order valence-corrected chi connectivity index (χ3v) is 5.44. The average molecular weight is 425 g/mol. The van der Waals surface area contributed by atoms with E-state index in [2.05, 4.69) is 6.07 Å². The lowest BCUT2D eigenvalue weighted by atomic mass is 10.0. The number of furan rings is 1. The summed E-state index contributed by atoms with van der Waals surface area (Å²) in [6.07, 6.45) is 0. The fraction of sp³-hybridized carbons (Fsp3) is 0.0769. The van der Waals surface area contributed by atoms with E-state index in [-0.39, 0.29) is 5.92 Å². The fourth-order valence-corrected chi connectivity index (χ4v) is 3.73. The molecule has 2 aromatic heterocycles. The molecule has 0 saturated carbocycles. The van der Waals surface area contributed by atoms with Gasteiger partial charge in [-0.3, -0.25) is 0 Å². The van der Waals surface area contributed by atoms with Crippen molar-refractivity contribution in [2.24, 2.45) is 0 Å².